The first kappa shape index (κ1) is 21.0. The quantitative estimate of drug-likeness (QED) is 0.688. The number of rotatable bonds is 6. The molecule has 8 nitrogen and oxygen atoms in total. The number of carbonyl (C=O) groups excluding carboxylic acids is 1. The van der Waals surface area contributed by atoms with E-state index < -0.39 is 10.2 Å². The van der Waals surface area contributed by atoms with Crippen LogP contribution in [0, 0.1) is 0 Å². The maximum Gasteiger partial charge on any atom is 0.282 e. The highest BCUT2D eigenvalue weighted by molar-refractivity contribution is 7.86. The van der Waals surface area contributed by atoms with Crippen LogP contribution >= 0.6 is 0 Å². The van der Waals surface area contributed by atoms with Crippen molar-refractivity contribution in [2.75, 3.05) is 58.2 Å². The molecule has 0 aliphatic carbocycles. The summed E-state index contributed by atoms with van der Waals surface area (Å²) in [7, 11) is -1.77. The molecule has 2 N–H and O–H groups in total. The summed E-state index contributed by atoms with van der Waals surface area (Å²) < 4.78 is 34.1. The van der Waals surface area contributed by atoms with E-state index in [-0.39, 0.29) is 5.91 Å². The summed E-state index contributed by atoms with van der Waals surface area (Å²) in [4.78, 5) is 13.4. The van der Waals surface area contributed by atoms with Gasteiger partial charge in [0.25, 0.3) is 16.1 Å². The van der Waals surface area contributed by atoms with Gasteiger partial charge in [0, 0.05) is 18.8 Å². The second kappa shape index (κ2) is 9.69. The van der Waals surface area contributed by atoms with Crippen molar-refractivity contribution >= 4 is 21.8 Å². The molecule has 156 valence electrons. The van der Waals surface area contributed by atoms with Crippen LogP contribution in [-0.4, -0.2) is 75.9 Å². The molecule has 3 rings (SSSR count). The maximum atomic E-state index is 12.9. The molecule has 1 aromatic carbocycles. The number of piperazine rings is 1. The number of hydrogen-bond donors (Lipinski definition) is 2. The zero-order valence-corrected chi connectivity index (χ0v) is 17.3. The van der Waals surface area contributed by atoms with Crippen LogP contribution in [0.3, 0.4) is 0 Å². The fourth-order valence-electron chi connectivity index (χ4n) is 3.75. The summed E-state index contributed by atoms with van der Waals surface area (Å²) in [6.07, 6.45) is 4.09. The minimum atomic E-state index is -3.37. The van der Waals surface area contributed by atoms with Crippen molar-refractivity contribution in [3.05, 3.63) is 24.3 Å². The van der Waals surface area contributed by atoms with E-state index in [0.29, 0.717) is 45.8 Å². The van der Waals surface area contributed by atoms with Crippen LogP contribution in [0.2, 0.25) is 0 Å². The number of nitrogens with one attached hydrogen (secondary N) is 2. The van der Waals surface area contributed by atoms with Crippen LogP contribution < -0.4 is 15.0 Å². The van der Waals surface area contributed by atoms with Crippen LogP contribution in [0.1, 0.15) is 25.7 Å². The standard InChI is InChI=1S/C19H30N4O4S/c1-27-18-8-6-17(7-9-18)20-19(24)16-21-12-14-23(15-13-21)28(25,26)22-10-4-2-3-5-11-22/h6-9H,2-5,10-16H2,1H3,(H,20,24)/p+1. The lowest BCUT2D eigenvalue weighted by Crippen LogP contribution is -3.15. The molecule has 28 heavy (non-hydrogen) atoms. The Balaban J connectivity index is 1.47. The van der Waals surface area contributed by atoms with Crippen molar-refractivity contribution in [1.29, 1.82) is 0 Å². The first-order chi connectivity index (χ1) is 13.5. The van der Waals surface area contributed by atoms with Crippen molar-refractivity contribution < 1.29 is 22.8 Å². The number of nitrogens with zero attached hydrogens (tertiary/aromatic N) is 2. The van der Waals surface area contributed by atoms with Crippen molar-refractivity contribution in [1.82, 2.24) is 8.61 Å². The van der Waals surface area contributed by atoms with Crippen molar-refractivity contribution in [3.8, 4) is 5.75 Å². The number of carbonyl (C=O) groups is 1. The molecule has 0 atom stereocenters. The molecule has 1 amide bonds. The summed E-state index contributed by atoms with van der Waals surface area (Å²) in [6.45, 7) is 3.79. The zero-order valence-electron chi connectivity index (χ0n) is 16.5. The number of ether oxygens (including phenoxy) is 1. The van der Waals surface area contributed by atoms with E-state index in [0.717, 1.165) is 42.0 Å². The molecule has 2 aliphatic rings. The molecule has 2 heterocycles. The van der Waals surface area contributed by atoms with Crippen LogP contribution in [-0.2, 0) is 15.0 Å². The fraction of sp³-hybridized carbons (Fsp3) is 0.632. The highest BCUT2D eigenvalue weighted by atomic mass is 32.2. The number of amides is 1. The lowest BCUT2D eigenvalue weighted by molar-refractivity contribution is -0.895. The largest absolute Gasteiger partial charge is 0.497 e. The number of quaternary nitrogens is 1. The molecule has 0 radical (unpaired) electrons. The van der Waals surface area contributed by atoms with Gasteiger partial charge in [-0.1, -0.05) is 12.8 Å². The minimum Gasteiger partial charge on any atom is -0.497 e. The van der Waals surface area contributed by atoms with E-state index in [9.17, 15) is 13.2 Å². The molecular formula is C19H31N4O4S+. The Labute approximate surface area is 167 Å². The number of anilines is 1. The van der Waals surface area contributed by atoms with Gasteiger partial charge in [0.1, 0.15) is 5.75 Å². The SMILES string of the molecule is COc1ccc(NC(=O)C[NH+]2CCN(S(=O)(=O)N3CCCCCC3)CC2)cc1. The van der Waals surface area contributed by atoms with Gasteiger partial charge in [-0.3, -0.25) is 4.79 Å². The Kier molecular flexibility index (Phi) is 7.28. The van der Waals surface area contributed by atoms with Gasteiger partial charge in [0.05, 0.1) is 33.3 Å². The van der Waals surface area contributed by atoms with Crippen molar-refractivity contribution in [3.63, 3.8) is 0 Å². The van der Waals surface area contributed by atoms with Crippen molar-refractivity contribution in [2.45, 2.75) is 25.7 Å². The Morgan fingerprint density at radius 3 is 2.14 bits per heavy atom. The van der Waals surface area contributed by atoms with E-state index in [1.165, 1.54) is 0 Å². The van der Waals surface area contributed by atoms with Crippen LogP contribution in [0.15, 0.2) is 24.3 Å². The smallest absolute Gasteiger partial charge is 0.282 e. The molecule has 1 aromatic rings. The van der Waals surface area contributed by atoms with Gasteiger partial charge >= 0.3 is 0 Å². The van der Waals surface area contributed by atoms with E-state index in [1.807, 2.05) is 0 Å². The van der Waals surface area contributed by atoms with E-state index in [1.54, 1.807) is 40.0 Å². The monoisotopic (exact) mass is 411 g/mol. The molecule has 0 spiro atoms. The summed E-state index contributed by atoms with van der Waals surface area (Å²) in [5, 5.41) is 2.89. The molecule has 9 heteroatoms. The molecule has 2 aliphatic heterocycles. The summed E-state index contributed by atoms with van der Waals surface area (Å²) in [5.41, 5.74) is 0.729. The molecular weight excluding hydrogens is 380 g/mol. The molecule has 0 unspecified atom stereocenters. The fourth-order valence-corrected chi connectivity index (χ4v) is 5.44. The third-order valence-corrected chi connectivity index (χ3v) is 7.47. The molecule has 2 saturated heterocycles. The van der Waals surface area contributed by atoms with Gasteiger partial charge in [-0.05, 0) is 37.1 Å². The lowest BCUT2D eigenvalue weighted by atomic mass is 10.2. The summed E-state index contributed by atoms with van der Waals surface area (Å²) in [5.74, 6) is 0.675. The second-order valence-electron chi connectivity index (χ2n) is 7.42. The van der Waals surface area contributed by atoms with E-state index in [2.05, 4.69) is 5.32 Å². The Bertz CT molecular complexity index is 738. The average Bonchev–Trinajstić information content (AvgIpc) is 2.99. The van der Waals surface area contributed by atoms with Gasteiger partial charge in [-0.2, -0.15) is 17.0 Å². The first-order valence-electron chi connectivity index (χ1n) is 10.0. The molecule has 0 bridgehead atoms. The highest BCUT2D eigenvalue weighted by Crippen LogP contribution is 2.17. The van der Waals surface area contributed by atoms with Crippen molar-refractivity contribution in [2.24, 2.45) is 0 Å². The summed E-state index contributed by atoms with van der Waals surface area (Å²) in [6, 6.07) is 7.21. The zero-order chi connectivity index (χ0) is 20.0. The number of hydrogen-bond acceptors (Lipinski definition) is 4. The molecule has 2 fully saturated rings. The number of benzene rings is 1. The van der Waals surface area contributed by atoms with Gasteiger partial charge in [0.2, 0.25) is 0 Å². The van der Waals surface area contributed by atoms with Gasteiger partial charge in [-0.25, -0.2) is 0 Å². The van der Waals surface area contributed by atoms with Gasteiger partial charge in [0.15, 0.2) is 6.54 Å². The van der Waals surface area contributed by atoms with E-state index in [4.69, 9.17) is 4.74 Å². The summed E-state index contributed by atoms with van der Waals surface area (Å²) >= 11 is 0. The normalized spacial score (nSPS) is 20.5. The van der Waals surface area contributed by atoms with Crippen LogP contribution in [0.25, 0.3) is 0 Å². The predicted octanol–water partition coefficient (Wildman–Crippen LogP) is -0.0450. The molecule has 0 aromatic heterocycles. The second-order valence-corrected chi connectivity index (χ2v) is 9.35. The minimum absolute atomic E-state index is 0.0657. The number of methoxy groups -OCH3 is 1. The Morgan fingerprint density at radius 1 is 1.00 bits per heavy atom. The highest BCUT2D eigenvalue weighted by Gasteiger charge is 2.34. The van der Waals surface area contributed by atoms with Gasteiger partial charge in [-0.15, -0.1) is 0 Å². The Morgan fingerprint density at radius 2 is 1.57 bits per heavy atom. The lowest BCUT2D eigenvalue weighted by Gasteiger charge is -2.34. The third kappa shape index (κ3) is 5.44. The average molecular weight is 412 g/mol. The Hall–Kier alpha value is -1.68. The first-order valence-corrected chi connectivity index (χ1v) is 11.4. The van der Waals surface area contributed by atoms with Crippen LogP contribution in [0.5, 0.6) is 5.75 Å². The van der Waals surface area contributed by atoms with Crippen LogP contribution in [0.4, 0.5) is 5.69 Å². The van der Waals surface area contributed by atoms with Gasteiger partial charge < -0.3 is 15.0 Å². The maximum absolute atomic E-state index is 12.9. The topological polar surface area (TPSA) is 83.4 Å². The predicted molar refractivity (Wildman–Crippen MR) is 108 cm³/mol. The van der Waals surface area contributed by atoms with E-state index >= 15 is 0 Å². The third-order valence-electron chi connectivity index (χ3n) is 5.43. The molecule has 0 saturated carbocycles.